The first-order valence-corrected chi connectivity index (χ1v) is 8.15. The summed E-state index contributed by atoms with van der Waals surface area (Å²) in [6, 6.07) is 9.14. The number of nitrogens with zero attached hydrogens (tertiary/aromatic N) is 1. The molecule has 1 saturated heterocycles. The lowest BCUT2D eigenvalue weighted by Crippen LogP contribution is -2.35. The Kier molecular flexibility index (Phi) is 6.05. The van der Waals surface area contributed by atoms with E-state index >= 15 is 0 Å². The summed E-state index contributed by atoms with van der Waals surface area (Å²) < 4.78 is 5.37. The lowest BCUT2D eigenvalue weighted by Gasteiger charge is -2.26. The number of benzene rings is 1. The van der Waals surface area contributed by atoms with Crippen molar-refractivity contribution in [3.8, 4) is 0 Å². The minimum atomic E-state index is 0.882. The molecule has 0 spiro atoms. The van der Waals surface area contributed by atoms with Crippen LogP contribution in [0.3, 0.4) is 0 Å². The minimum absolute atomic E-state index is 0.882. The fraction of sp³-hybridized carbons (Fsp3) is 0.600. The van der Waals surface area contributed by atoms with Gasteiger partial charge in [0.1, 0.15) is 0 Å². The maximum absolute atomic E-state index is 5.37. The Labute approximate surface area is 115 Å². The summed E-state index contributed by atoms with van der Waals surface area (Å²) in [5.74, 6) is 1.26. The van der Waals surface area contributed by atoms with Crippen LogP contribution >= 0.6 is 11.8 Å². The molecule has 0 bridgehead atoms. The number of aryl methyl sites for hydroxylation is 1. The van der Waals surface area contributed by atoms with Crippen molar-refractivity contribution in [3.05, 3.63) is 35.4 Å². The molecule has 3 heteroatoms. The molecule has 18 heavy (non-hydrogen) atoms. The molecule has 0 saturated carbocycles. The Bertz CT molecular complexity index is 333. The molecule has 2 nitrogen and oxygen atoms in total. The quantitative estimate of drug-likeness (QED) is 0.734. The zero-order chi connectivity index (χ0) is 12.6. The second-order valence-corrected chi connectivity index (χ2v) is 5.79. The van der Waals surface area contributed by atoms with Gasteiger partial charge in [-0.25, -0.2) is 0 Å². The molecule has 1 aromatic rings. The van der Waals surface area contributed by atoms with Crippen LogP contribution in [0.15, 0.2) is 24.3 Å². The van der Waals surface area contributed by atoms with E-state index in [9.17, 15) is 0 Å². The van der Waals surface area contributed by atoms with E-state index in [2.05, 4.69) is 35.4 Å². The molecule has 1 aromatic carbocycles. The molecule has 0 radical (unpaired) electrons. The molecule has 0 amide bonds. The van der Waals surface area contributed by atoms with Gasteiger partial charge in [-0.3, -0.25) is 4.90 Å². The molecule has 1 heterocycles. The second kappa shape index (κ2) is 7.82. The van der Waals surface area contributed by atoms with Crippen LogP contribution in [0.1, 0.15) is 17.5 Å². The van der Waals surface area contributed by atoms with E-state index in [0.29, 0.717) is 0 Å². The summed E-state index contributed by atoms with van der Waals surface area (Å²) in [6.45, 7) is 4.96. The smallest absolute Gasteiger partial charge is 0.0594 e. The van der Waals surface area contributed by atoms with Gasteiger partial charge in [-0.05, 0) is 36.0 Å². The van der Waals surface area contributed by atoms with Crippen molar-refractivity contribution in [2.24, 2.45) is 0 Å². The molecular formula is C15H23NOS. The van der Waals surface area contributed by atoms with Crippen molar-refractivity contribution >= 4 is 11.8 Å². The fourth-order valence-corrected chi connectivity index (χ4v) is 2.68. The summed E-state index contributed by atoms with van der Waals surface area (Å²) in [7, 11) is 0. The summed E-state index contributed by atoms with van der Waals surface area (Å²) >= 11 is 1.93. The van der Waals surface area contributed by atoms with Gasteiger partial charge in [0.2, 0.25) is 0 Å². The van der Waals surface area contributed by atoms with Gasteiger partial charge >= 0.3 is 0 Å². The van der Waals surface area contributed by atoms with Crippen LogP contribution in [0.4, 0.5) is 0 Å². The standard InChI is InChI=1S/C15H23NOS/c1-18-12-2-3-14-4-6-15(7-5-14)13-16-8-10-17-11-9-16/h4-7H,2-3,8-13H2,1H3. The lowest BCUT2D eigenvalue weighted by molar-refractivity contribution is 0.0342. The van der Waals surface area contributed by atoms with Crippen LogP contribution < -0.4 is 0 Å². The predicted molar refractivity (Wildman–Crippen MR) is 79.2 cm³/mol. The van der Waals surface area contributed by atoms with Crippen LogP contribution in [0.2, 0.25) is 0 Å². The van der Waals surface area contributed by atoms with Crippen LogP contribution in [0.5, 0.6) is 0 Å². The number of rotatable bonds is 6. The summed E-state index contributed by atoms with van der Waals surface area (Å²) in [5.41, 5.74) is 2.89. The van der Waals surface area contributed by atoms with Crippen molar-refractivity contribution in [2.75, 3.05) is 38.3 Å². The number of hydrogen-bond acceptors (Lipinski definition) is 3. The predicted octanol–water partition coefficient (Wildman–Crippen LogP) is 2.81. The van der Waals surface area contributed by atoms with E-state index < -0.39 is 0 Å². The van der Waals surface area contributed by atoms with Crippen LogP contribution in [0, 0.1) is 0 Å². The molecule has 1 fully saturated rings. The third kappa shape index (κ3) is 4.63. The Morgan fingerprint density at radius 3 is 2.44 bits per heavy atom. The maximum atomic E-state index is 5.37. The average Bonchev–Trinajstić information content (AvgIpc) is 2.42. The highest BCUT2D eigenvalue weighted by atomic mass is 32.2. The molecule has 2 rings (SSSR count). The van der Waals surface area contributed by atoms with E-state index in [1.54, 1.807) is 0 Å². The first kappa shape index (κ1) is 13.9. The van der Waals surface area contributed by atoms with Gasteiger partial charge in [0.15, 0.2) is 0 Å². The average molecular weight is 265 g/mol. The monoisotopic (exact) mass is 265 g/mol. The third-order valence-corrected chi connectivity index (χ3v) is 4.04. The first-order chi connectivity index (χ1) is 8.88. The molecule has 0 N–H and O–H groups in total. The maximum Gasteiger partial charge on any atom is 0.0594 e. The van der Waals surface area contributed by atoms with Crippen LogP contribution in [0.25, 0.3) is 0 Å². The van der Waals surface area contributed by atoms with Crippen molar-refractivity contribution in [1.29, 1.82) is 0 Å². The molecule has 0 atom stereocenters. The highest BCUT2D eigenvalue weighted by molar-refractivity contribution is 7.98. The van der Waals surface area contributed by atoms with Gasteiger partial charge in [-0.15, -0.1) is 0 Å². The summed E-state index contributed by atoms with van der Waals surface area (Å²) in [4.78, 5) is 2.46. The number of hydrogen-bond donors (Lipinski definition) is 0. The van der Waals surface area contributed by atoms with E-state index in [1.807, 2.05) is 11.8 Å². The molecule has 0 unspecified atom stereocenters. The highest BCUT2D eigenvalue weighted by Crippen LogP contribution is 2.11. The molecule has 1 aliphatic heterocycles. The topological polar surface area (TPSA) is 12.5 Å². The summed E-state index contributed by atoms with van der Waals surface area (Å²) in [6.07, 6.45) is 4.66. The molecule has 1 aliphatic rings. The molecule has 0 aromatic heterocycles. The van der Waals surface area contributed by atoms with Crippen molar-refractivity contribution in [3.63, 3.8) is 0 Å². The van der Waals surface area contributed by atoms with Gasteiger partial charge in [0.25, 0.3) is 0 Å². The number of thioether (sulfide) groups is 1. The largest absolute Gasteiger partial charge is 0.379 e. The zero-order valence-electron chi connectivity index (χ0n) is 11.2. The Balaban J connectivity index is 1.79. The minimum Gasteiger partial charge on any atom is -0.379 e. The fourth-order valence-electron chi connectivity index (χ4n) is 2.25. The molecular weight excluding hydrogens is 242 g/mol. The third-order valence-electron chi connectivity index (χ3n) is 3.35. The van der Waals surface area contributed by atoms with E-state index in [4.69, 9.17) is 4.74 Å². The Morgan fingerprint density at radius 2 is 1.78 bits per heavy atom. The van der Waals surface area contributed by atoms with Gasteiger partial charge in [0.05, 0.1) is 13.2 Å². The van der Waals surface area contributed by atoms with Crippen molar-refractivity contribution in [2.45, 2.75) is 19.4 Å². The van der Waals surface area contributed by atoms with E-state index in [-0.39, 0.29) is 0 Å². The zero-order valence-corrected chi connectivity index (χ0v) is 12.0. The molecule has 100 valence electrons. The Hall–Kier alpha value is -0.510. The SMILES string of the molecule is CSCCCc1ccc(CN2CCOCC2)cc1. The van der Waals surface area contributed by atoms with E-state index in [0.717, 1.165) is 32.8 Å². The van der Waals surface area contributed by atoms with Gasteiger partial charge in [-0.1, -0.05) is 24.3 Å². The highest BCUT2D eigenvalue weighted by Gasteiger charge is 2.10. The summed E-state index contributed by atoms with van der Waals surface area (Å²) in [5, 5.41) is 0. The van der Waals surface area contributed by atoms with E-state index in [1.165, 1.54) is 29.7 Å². The van der Waals surface area contributed by atoms with Crippen molar-refractivity contribution < 1.29 is 4.74 Å². The Morgan fingerprint density at radius 1 is 1.11 bits per heavy atom. The molecule has 0 aliphatic carbocycles. The first-order valence-electron chi connectivity index (χ1n) is 6.75. The normalized spacial score (nSPS) is 16.9. The second-order valence-electron chi connectivity index (χ2n) is 4.80. The van der Waals surface area contributed by atoms with Gasteiger partial charge in [0, 0.05) is 19.6 Å². The van der Waals surface area contributed by atoms with Crippen LogP contribution in [-0.4, -0.2) is 43.2 Å². The van der Waals surface area contributed by atoms with Gasteiger partial charge < -0.3 is 4.74 Å². The number of morpholine rings is 1. The van der Waals surface area contributed by atoms with Crippen molar-refractivity contribution in [1.82, 2.24) is 4.90 Å². The van der Waals surface area contributed by atoms with Crippen LogP contribution in [-0.2, 0) is 17.7 Å². The lowest BCUT2D eigenvalue weighted by atomic mass is 10.1. The number of ether oxygens (including phenoxy) is 1. The van der Waals surface area contributed by atoms with Gasteiger partial charge in [-0.2, -0.15) is 11.8 Å².